The van der Waals surface area contributed by atoms with Crippen molar-refractivity contribution in [3.63, 3.8) is 0 Å². The molecule has 0 radical (unpaired) electrons. The number of hydrogen-bond donors (Lipinski definition) is 2. The molecule has 8 heteroatoms. The van der Waals surface area contributed by atoms with Crippen LogP contribution in [0.25, 0.3) is 0 Å². The van der Waals surface area contributed by atoms with Crippen LogP contribution < -0.4 is 10.6 Å². The number of esters is 1. The molecule has 1 atom stereocenters. The van der Waals surface area contributed by atoms with E-state index in [1.165, 1.54) is 6.92 Å². The Morgan fingerprint density at radius 1 is 1.07 bits per heavy atom. The van der Waals surface area contributed by atoms with E-state index in [1.54, 1.807) is 29.2 Å². The molecular weight excluding hydrogens is 362 g/mol. The van der Waals surface area contributed by atoms with Gasteiger partial charge in [0.25, 0.3) is 5.91 Å². The van der Waals surface area contributed by atoms with Gasteiger partial charge in [0.15, 0.2) is 6.61 Å². The van der Waals surface area contributed by atoms with Crippen molar-refractivity contribution in [2.45, 2.75) is 45.1 Å². The maximum atomic E-state index is 12.2. The number of hydrogen-bond acceptors (Lipinski definition) is 5. The van der Waals surface area contributed by atoms with Gasteiger partial charge in [0, 0.05) is 37.3 Å². The highest BCUT2D eigenvalue weighted by Crippen LogP contribution is 2.29. The molecule has 28 heavy (non-hydrogen) atoms. The van der Waals surface area contributed by atoms with Crippen molar-refractivity contribution in [3.8, 4) is 0 Å². The number of amides is 3. The van der Waals surface area contributed by atoms with Crippen LogP contribution in [0.4, 0.5) is 11.4 Å². The molecule has 0 aromatic heterocycles. The van der Waals surface area contributed by atoms with Crippen molar-refractivity contribution in [1.82, 2.24) is 4.90 Å². The van der Waals surface area contributed by atoms with E-state index in [-0.39, 0.29) is 24.3 Å². The number of anilines is 2. The van der Waals surface area contributed by atoms with Crippen molar-refractivity contribution < 1.29 is 23.9 Å². The van der Waals surface area contributed by atoms with E-state index in [4.69, 9.17) is 4.74 Å². The van der Waals surface area contributed by atoms with E-state index in [1.807, 2.05) is 0 Å². The van der Waals surface area contributed by atoms with Crippen LogP contribution in [0.3, 0.4) is 0 Å². The zero-order valence-electron chi connectivity index (χ0n) is 15.9. The second-order valence-corrected chi connectivity index (χ2v) is 7.30. The first kappa shape index (κ1) is 19.9. The monoisotopic (exact) mass is 387 g/mol. The van der Waals surface area contributed by atoms with E-state index in [0.717, 1.165) is 25.7 Å². The molecule has 0 spiro atoms. The average molecular weight is 387 g/mol. The summed E-state index contributed by atoms with van der Waals surface area (Å²) >= 11 is 0. The van der Waals surface area contributed by atoms with Crippen molar-refractivity contribution in [2.24, 2.45) is 5.92 Å². The summed E-state index contributed by atoms with van der Waals surface area (Å²) in [6.07, 6.45) is 4.39. The topological polar surface area (TPSA) is 105 Å². The van der Waals surface area contributed by atoms with Crippen LogP contribution in [-0.2, 0) is 23.9 Å². The predicted molar refractivity (Wildman–Crippen MR) is 102 cm³/mol. The molecule has 8 nitrogen and oxygen atoms in total. The fourth-order valence-electron chi connectivity index (χ4n) is 3.75. The van der Waals surface area contributed by atoms with E-state index in [2.05, 4.69) is 10.6 Å². The molecular formula is C20H25N3O5. The minimum atomic E-state index is -0.509. The minimum Gasteiger partial charge on any atom is -0.455 e. The number of carbonyl (C=O) groups is 4. The number of nitrogens with zero attached hydrogens (tertiary/aromatic N) is 1. The molecule has 1 heterocycles. The number of nitrogens with one attached hydrogen (secondary N) is 2. The van der Waals surface area contributed by atoms with Crippen molar-refractivity contribution >= 4 is 35.1 Å². The highest BCUT2D eigenvalue weighted by molar-refractivity contribution is 5.94. The molecule has 1 aliphatic heterocycles. The quantitative estimate of drug-likeness (QED) is 0.726. The van der Waals surface area contributed by atoms with Gasteiger partial charge < -0.3 is 20.3 Å². The lowest BCUT2D eigenvalue weighted by atomic mass is 10.1. The predicted octanol–water partition coefficient (Wildman–Crippen LogP) is 1.92. The smallest absolute Gasteiger partial charge is 0.311 e. The third-order valence-electron chi connectivity index (χ3n) is 5.09. The van der Waals surface area contributed by atoms with Crippen molar-refractivity contribution in [1.29, 1.82) is 0 Å². The van der Waals surface area contributed by atoms with Gasteiger partial charge in [-0.15, -0.1) is 0 Å². The Morgan fingerprint density at radius 2 is 1.68 bits per heavy atom. The van der Waals surface area contributed by atoms with Gasteiger partial charge >= 0.3 is 5.97 Å². The Hall–Kier alpha value is -2.90. The van der Waals surface area contributed by atoms with Crippen LogP contribution in [0.2, 0.25) is 0 Å². The SMILES string of the molecule is CC(=O)Nc1ccc(NC(=O)COC(=O)[C@H]2CC(=O)N(C3CCCC3)C2)cc1. The lowest BCUT2D eigenvalue weighted by Gasteiger charge is -2.23. The van der Waals surface area contributed by atoms with Crippen molar-refractivity contribution in [2.75, 3.05) is 23.8 Å². The van der Waals surface area contributed by atoms with E-state index in [9.17, 15) is 19.2 Å². The highest BCUT2D eigenvalue weighted by atomic mass is 16.5. The van der Waals surface area contributed by atoms with Gasteiger partial charge in [0.1, 0.15) is 0 Å². The summed E-state index contributed by atoms with van der Waals surface area (Å²) in [5.41, 5.74) is 1.15. The Balaban J connectivity index is 1.43. The lowest BCUT2D eigenvalue weighted by Crippen LogP contribution is -2.35. The van der Waals surface area contributed by atoms with Gasteiger partial charge in [-0.3, -0.25) is 19.2 Å². The number of ether oxygens (including phenoxy) is 1. The van der Waals surface area contributed by atoms with Crippen LogP contribution >= 0.6 is 0 Å². The molecule has 1 saturated heterocycles. The molecule has 0 bridgehead atoms. The molecule has 3 rings (SSSR count). The van der Waals surface area contributed by atoms with E-state index >= 15 is 0 Å². The summed E-state index contributed by atoms with van der Waals surface area (Å²) in [4.78, 5) is 49.2. The number of benzene rings is 1. The molecule has 1 saturated carbocycles. The first-order valence-corrected chi connectivity index (χ1v) is 9.56. The van der Waals surface area contributed by atoms with Gasteiger partial charge in [-0.1, -0.05) is 12.8 Å². The molecule has 2 aliphatic rings. The largest absolute Gasteiger partial charge is 0.455 e. The third-order valence-corrected chi connectivity index (χ3v) is 5.09. The molecule has 0 unspecified atom stereocenters. The zero-order valence-corrected chi connectivity index (χ0v) is 15.9. The summed E-state index contributed by atoms with van der Waals surface area (Å²) in [7, 11) is 0. The molecule has 1 aliphatic carbocycles. The summed E-state index contributed by atoms with van der Waals surface area (Å²) < 4.78 is 5.11. The van der Waals surface area contributed by atoms with Gasteiger partial charge in [-0.2, -0.15) is 0 Å². The van der Waals surface area contributed by atoms with Crippen molar-refractivity contribution in [3.05, 3.63) is 24.3 Å². The van der Waals surface area contributed by atoms with Gasteiger partial charge in [-0.05, 0) is 37.1 Å². The Kier molecular flexibility index (Phi) is 6.28. The van der Waals surface area contributed by atoms with E-state index < -0.39 is 24.4 Å². The standard InChI is InChI=1S/C20H25N3O5/c1-13(24)21-15-6-8-16(9-7-15)22-18(25)12-28-20(27)14-10-19(26)23(11-14)17-4-2-3-5-17/h6-9,14,17H,2-5,10-12H2,1H3,(H,21,24)(H,22,25)/t14-/m0/s1. The average Bonchev–Trinajstić information content (AvgIpc) is 3.30. The highest BCUT2D eigenvalue weighted by Gasteiger charge is 2.39. The maximum Gasteiger partial charge on any atom is 0.311 e. The van der Waals surface area contributed by atoms with Crippen LogP contribution in [0.15, 0.2) is 24.3 Å². The Bertz CT molecular complexity index is 756. The molecule has 1 aromatic carbocycles. The summed E-state index contributed by atoms with van der Waals surface area (Å²) in [5.74, 6) is -1.65. The summed E-state index contributed by atoms with van der Waals surface area (Å²) in [6.45, 7) is 1.39. The molecule has 1 aromatic rings. The fourth-order valence-corrected chi connectivity index (χ4v) is 3.75. The number of carbonyl (C=O) groups excluding carboxylic acids is 4. The van der Waals surface area contributed by atoms with Crippen LogP contribution in [0.5, 0.6) is 0 Å². The lowest BCUT2D eigenvalue weighted by molar-refractivity contribution is -0.151. The number of likely N-dealkylation sites (tertiary alicyclic amines) is 1. The summed E-state index contributed by atoms with van der Waals surface area (Å²) in [5, 5.41) is 5.26. The number of rotatable bonds is 6. The molecule has 150 valence electrons. The normalized spacial score (nSPS) is 19.5. The van der Waals surface area contributed by atoms with Crippen LogP contribution in [0, 0.1) is 5.92 Å². The maximum absolute atomic E-state index is 12.2. The first-order chi connectivity index (χ1) is 13.4. The molecule has 3 amide bonds. The molecule has 2 N–H and O–H groups in total. The Labute approximate surface area is 163 Å². The van der Waals surface area contributed by atoms with Crippen LogP contribution in [0.1, 0.15) is 39.0 Å². The molecule has 2 fully saturated rings. The van der Waals surface area contributed by atoms with Gasteiger partial charge in [0.05, 0.1) is 5.92 Å². The zero-order chi connectivity index (χ0) is 20.1. The second-order valence-electron chi connectivity index (χ2n) is 7.30. The van der Waals surface area contributed by atoms with E-state index in [0.29, 0.717) is 17.9 Å². The van der Waals surface area contributed by atoms with Gasteiger partial charge in [-0.25, -0.2) is 0 Å². The van der Waals surface area contributed by atoms with Gasteiger partial charge in [0.2, 0.25) is 11.8 Å². The Morgan fingerprint density at radius 3 is 2.29 bits per heavy atom. The summed E-state index contributed by atoms with van der Waals surface area (Å²) in [6, 6.07) is 6.84. The third kappa shape index (κ3) is 5.09. The first-order valence-electron chi connectivity index (χ1n) is 9.56. The minimum absolute atomic E-state index is 0.00226. The second kappa shape index (κ2) is 8.86. The van der Waals surface area contributed by atoms with Crippen LogP contribution in [-0.4, -0.2) is 47.8 Å². The fraction of sp³-hybridized carbons (Fsp3) is 0.500.